The first-order valence-corrected chi connectivity index (χ1v) is 6.29. The summed E-state index contributed by atoms with van der Waals surface area (Å²) in [6.07, 6.45) is 1.92. The molecule has 1 aromatic carbocycles. The van der Waals surface area contributed by atoms with Gasteiger partial charge in [-0.25, -0.2) is 4.79 Å². The van der Waals surface area contributed by atoms with Crippen molar-refractivity contribution in [2.24, 2.45) is 5.73 Å². The number of rotatable bonds is 4. The van der Waals surface area contributed by atoms with E-state index in [9.17, 15) is 9.59 Å². The van der Waals surface area contributed by atoms with Gasteiger partial charge in [-0.15, -0.1) is 0 Å². The van der Waals surface area contributed by atoms with Crippen LogP contribution < -0.4 is 17.2 Å². The minimum Gasteiger partial charge on any atom is -0.468 e. The van der Waals surface area contributed by atoms with E-state index < -0.39 is 17.7 Å². The van der Waals surface area contributed by atoms with Gasteiger partial charge in [0, 0.05) is 6.20 Å². The van der Waals surface area contributed by atoms with E-state index in [1.54, 1.807) is 36.5 Å². The number of nitrogen functional groups attached to an aromatic ring is 1. The van der Waals surface area contributed by atoms with Gasteiger partial charge in [0.2, 0.25) is 0 Å². The van der Waals surface area contributed by atoms with E-state index in [1.807, 2.05) is 0 Å². The normalized spacial score (nSPS) is 11.9. The predicted molar refractivity (Wildman–Crippen MR) is 77.9 cm³/mol. The lowest BCUT2D eigenvalue weighted by atomic mass is 10.1. The lowest BCUT2D eigenvalue weighted by Gasteiger charge is -2.10. The molecule has 0 aliphatic carbocycles. The maximum atomic E-state index is 11.7. The molecule has 2 rings (SSSR count). The van der Waals surface area contributed by atoms with Gasteiger partial charge >= 0.3 is 11.7 Å². The highest BCUT2D eigenvalue weighted by Crippen LogP contribution is 2.10. The second-order valence-electron chi connectivity index (χ2n) is 4.51. The Morgan fingerprint density at radius 3 is 2.57 bits per heavy atom. The molecule has 1 aromatic heterocycles. The van der Waals surface area contributed by atoms with Crippen LogP contribution in [0.3, 0.4) is 0 Å². The second-order valence-corrected chi connectivity index (χ2v) is 4.51. The molecule has 0 aliphatic heterocycles. The second kappa shape index (κ2) is 6.19. The van der Waals surface area contributed by atoms with Gasteiger partial charge in [-0.2, -0.15) is 4.98 Å². The molecule has 0 saturated heterocycles. The number of carbonyl (C=O) groups excluding carboxylic acids is 1. The number of ether oxygens (including phenoxy) is 1. The zero-order chi connectivity index (χ0) is 15.4. The Kier molecular flexibility index (Phi) is 4.34. The van der Waals surface area contributed by atoms with Crippen molar-refractivity contribution in [3.05, 3.63) is 52.6 Å². The molecule has 7 heteroatoms. The summed E-state index contributed by atoms with van der Waals surface area (Å²) in [6.45, 7) is 0. The third kappa shape index (κ3) is 3.46. The highest BCUT2D eigenvalue weighted by Gasteiger charge is 2.14. The smallest absolute Gasteiger partial charge is 0.354 e. The van der Waals surface area contributed by atoms with E-state index in [2.05, 4.69) is 9.72 Å². The van der Waals surface area contributed by atoms with Crippen molar-refractivity contribution >= 4 is 11.8 Å². The van der Waals surface area contributed by atoms with Gasteiger partial charge in [-0.1, -0.05) is 12.1 Å². The number of methoxy groups -OCH3 is 1. The van der Waals surface area contributed by atoms with Crippen LogP contribution in [0.25, 0.3) is 5.69 Å². The average molecular weight is 288 g/mol. The van der Waals surface area contributed by atoms with Gasteiger partial charge in [0.1, 0.15) is 11.9 Å². The lowest BCUT2D eigenvalue weighted by molar-refractivity contribution is -0.142. The first-order valence-electron chi connectivity index (χ1n) is 6.29. The summed E-state index contributed by atoms with van der Waals surface area (Å²) in [6, 6.07) is 7.92. The van der Waals surface area contributed by atoms with Gasteiger partial charge in [0.15, 0.2) is 0 Å². The van der Waals surface area contributed by atoms with E-state index in [-0.39, 0.29) is 5.82 Å². The number of esters is 1. The number of benzene rings is 1. The molecule has 0 amide bonds. The van der Waals surface area contributed by atoms with Gasteiger partial charge in [-0.05, 0) is 30.2 Å². The van der Waals surface area contributed by atoms with E-state index in [4.69, 9.17) is 11.5 Å². The lowest BCUT2D eigenvalue weighted by Crippen LogP contribution is -2.33. The molecule has 0 unspecified atom stereocenters. The molecule has 4 N–H and O–H groups in total. The number of nitrogens with zero attached hydrogens (tertiary/aromatic N) is 2. The van der Waals surface area contributed by atoms with Crippen molar-refractivity contribution in [3.8, 4) is 5.69 Å². The molecule has 0 fully saturated rings. The minimum atomic E-state index is -0.707. The average Bonchev–Trinajstić information content (AvgIpc) is 2.47. The molecular formula is C14H16N4O3. The Labute approximate surface area is 121 Å². The largest absolute Gasteiger partial charge is 0.468 e. The molecule has 21 heavy (non-hydrogen) atoms. The standard InChI is InChI=1S/C14H16N4O3/c1-21-13(19)11(15)8-9-2-4-10(5-3-9)18-7-6-12(16)17-14(18)20/h2-7,11H,8,15H2,1H3,(H2,16,17,20)/t11-/m1/s1. The Morgan fingerprint density at radius 2 is 2.00 bits per heavy atom. The van der Waals surface area contributed by atoms with Crippen LogP contribution in [0.5, 0.6) is 0 Å². The van der Waals surface area contributed by atoms with Crippen LogP contribution >= 0.6 is 0 Å². The maximum Gasteiger partial charge on any atom is 0.354 e. The monoisotopic (exact) mass is 288 g/mol. The number of carbonyl (C=O) groups is 1. The molecule has 1 atom stereocenters. The van der Waals surface area contributed by atoms with Gasteiger partial charge < -0.3 is 16.2 Å². The van der Waals surface area contributed by atoms with Crippen molar-refractivity contribution in [1.82, 2.24) is 9.55 Å². The minimum absolute atomic E-state index is 0.178. The fourth-order valence-corrected chi connectivity index (χ4v) is 1.89. The summed E-state index contributed by atoms with van der Waals surface area (Å²) in [5.74, 6) is -0.282. The molecule has 0 radical (unpaired) electrons. The molecular weight excluding hydrogens is 272 g/mol. The Bertz CT molecular complexity index is 694. The number of hydrogen-bond donors (Lipinski definition) is 2. The third-order valence-electron chi connectivity index (χ3n) is 3.00. The summed E-state index contributed by atoms with van der Waals surface area (Å²) in [5, 5.41) is 0. The Balaban J connectivity index is 2.19. The van der Waals surface area contributed by atoms with E-state index in [1.165, 1.54) is 11.7 Å². The highest BCUT2D eigenvalue weighted by atomic mass is 16.5. The number of nitrogens with two attached hydrogens (primary N) is 2. The van der Waals surface area contributed by atoms with Crippen LogP contribution in [0.4, 0.5) is 5.82 Å². The molecule has 7 nitrogen and oxygen atoms in total. The fraction of sp³-hybridized carbons (Fsp3) is 0.214. The first-order chi connectivity index (χ1) is 10.0. The van der Waals surface area contributed by atoms with Crippen LogP contribution in [-0.4, -0.2) is 28.7 Å². The van der Waals surface area contributed by atoms with Crippen molar-refractivity contribution in [1.29, 1.82) is 0 Å². The Morgan fingerprint density at radius 1 is 1.33 bits per heavy atom. The van der Waals surface area contributed by atoms with Crippen molar-refractivity contribution < 1.29 is 9.53 Å². The van der Waals surface area contributed by atoms with Crippen LogP contribution in [0, 0.1) is 0 Å². The first kappa shape index (κ1) is 14.7. The van der Waals surface area contributed by atoms with Gasteiger partial charge in [0.05, 0.1) is 12.8 Å². The van der Waals surface area contributed by atoms with Crippen molar-refractivity contribution in [2.75, 3.05) is 12.8 Å². The topological polar surface area (TPSA) is 113 Å². The molecule has 110 valence electrons. The number of aromatic nitrogens is 2. The fourth-order valence-electron chi connectivity index (χ4n) is 1.89. The summed E-state index contributed by atoms with van der Waals surface area (Å²) in [7, 11) is 1.30. The highest BCUT2D eigenvalue weighted by molar-refractivity contribution is 5.75. The summed E-state index contributed by atoms with van der Waals surface area (Å²) < 4.78 is 5.95. The zero-order valence-corrected chi connectivity index (χ0v) is 11.5. The Hall–Kier alpha value is -2.67. The van der Waals surface area contributed by atoms with E-state index in [0.29, 0.717) is 12.1 Å². The third-order valence-corrected chi connectivity index (χ3v) is 3.00. The predicted octanol–water partition coefficient (Wildman–Crippen LogP) is -0.143. The van der Waals surface area contributed by atoms with Gasteiger partial charge in [-0.3, -0.25) is 9.36 Å². The van der Waals surface area contributed by atoms with Crippen LogP contribution in [0.1, 0.15) is 5.56 Å². The van der Waals surface area contributed by atoms with E-state index in [0.717, 1.165) is 5.56 Å². The number of hydrogen-bond acceptors (Lipinski definition) is 6. The van der Waals surface area contributed by atoms with Crippen LogP contribution in [0.15, 0.2) is 41.3 Å². The molecule has 0 bridgehead atoms. The van der Waals surface area contributed by atoms with Crippen molar-refractivity contribution in [3.63, 3.8) is 0 Å². The van der Waals surface area contributed by atoms with Crippen LogP contribution in [-0.2, 0) is 16.0 Å². The quantitative estimate of drug-likeness (QED) is 0.757. The summed E-state index contributed by atoms with van der Waals surface area (Å²) in [5.41, 5.74) is 12.2. The summed E-state index contributed by atoms with van der Waals surface area (Å²) >= 11 is 0. The maximum absolute atomic E-state index is 11.7. The van der Waals surface area contributed by atoms with Gasteiger partial charge in [0.25, 0.3) is 0 Å². The summed E-state index contributed by atoms with van der Waals surface area (Å²) in [4.78, 5) is 26.6. The molecule has 0 saturated carbocycles. The number of anilines is 1. The zero-order valence-electron chi connectivity index (χ0n) is 11.5. The molecule has 1 heterocycles. The molecule has 0 aliphatic rings. The van der Waals surface area contributed by atoms with Crippen LogP contribution in [0.2, 0.25) is 0 Å². The molecule has 2 aromatic rings. The SMILES string of the molecule is COC(=O)[C@H](N)Cc1ccc(-n2ccc(N)nc2=O)cc1. The molecule has 0 spiro atoms. The van der Waals surface area contributed by atoms with E-state index >= 15 is 0 Å². The van der Waals surface area contributed by atoms with Crippen molar-refractivity contribution in [2.45, 2.75) is 12.5 Å².